The van der Waals surface area contributed by atoms with E-state index in [-0.39, 0.29) is 18.2 Å². The van der Waals surface area contributed by atoms with Gasteiger partial charge in [0.1, 0.15) is 0 Å². The summed E-state index contributed by atoms with van der Waals surface area (Å²) in [4.78, 5) is 38.4. The van der Waals surface area contributed by atoms with Crippen LogP contribution in [0.4, 0.5) is 11.4 Å². The molecule has 1 heterocycles. The Morgan fingerprint density at radius 2 is 1.81 bits per heavy atom. The van der Waals surface area contributed by atoms with Crippen LogP contribution in [-0.2, 0) is 14.3 Å². The average Bonchev–Trinajstić information content (AvgIpc) is 3.05. The van der Waals surface area contributed by atoms with E-state index >= 15 is 0 Å². The molecule has 0 spiro atoms. The molecule has 1 unspecified atom stereocenters. The van der Waals surface area contributed by atoms with Gasteiger partial charge in [0.25, 0.3) is 0 Å². The molecule has 1 atom stereocenters. The quantitative estimate of drug-likeness (QED) is 0.844. The molecule has 2 aromatic rings. The zero-order valence-corrected chi connectivity index (χ0v) is 15.6. The van der Waals surface area contributed by atoms with E-state index in [1.807, 2.05) is 38.1 Å². The first-order chi connectivity index (χ1) is 12.9. The molecule has 1 N–H and O–H groups in total. The van der Waals surface area contributed by atoms with E-state index in [1.165, 1.54) is 7.11 Å². The maximum Gasteiger partial charge on any atom is 0.337 e. The summed E-state index contributed by atoms with van der Waals surface area (Å²) in [5, 5.41) is 2.85. The van der Waals surface area contributed by atoms with Crippen molar-refractivity contribution in [3.63, 3.8) is 0 Å². The normalized spacial score (nSPS) is 16.3. The zero-order valence-electron chi connectivity index (χ0n) is 15.6. The lowest BCUT2D eigenvalue weighted by Crippen LogP contribution is -2.28. The number of hydrogen-bond acceptors (Lipinski definition) is 4. The molecule has 0 aromatic heterocycles. The van der Waals surface area contributed by atoms with E-state index in [0.717, 1.165) is 16.8 Å². The molecule has 2 aromatic carbocycles. The maximum atomic E-state index is 12.7. The van der Waals surface area contributed by atoms with E-state index < -0.39 is 11.9 Å². The van der Waals surface area contributed by atoms with Crippen LogP contribution >= 0.6 is 0 Å². The van der Waals surface area contributed by atoms with Crippen LogP contribution in [0.5, 0.6) is 0 Å². The first-order valence-electron chi connectivity index (χ1n) is 8.76. The molecule has 3 rings (SSSR count). The van der Waals surface area contributed by atoms with E-state index in [1.54, 1.807) is 23.1 Å². The van der Waals surface area contributed by atoms with Crippen LogP contribution in [0.25, 0.3) is 0 Å². The van der Waals surface area contributed by atoms with Crippen LogP contribution in [0.2, 0.25) is 0 Å². The number of benzene rings is 2. The highest BCUT2D eigenvalue weighted by atomic mass is 16.5. The van der Waals surface area contributed by atoms with Crippen molar-refractivity contribution in [1.82, 2.24) is 0 Å². The summed E-state index contributed by atoms with van der Waals surface area (Å²) >= 11 is 0. The monoisotopic (exact) mass is 366 g/mol. The van der Waals surface area contributed by atoms with Gasteiger partial charge in [0.05, 0.1) is 18.6 Å². The van der Waals surface area contributed by atoms with Crippen molar-refractivity contribution in [2.75, 3.05) is 23.9 Å². The lowest BCUT2D eigenvalue weighted by molar-refractivity contribution is -0.122. The van der Waals surface area contributed by atoms with Gasteiger partial charge in [-0.15, -0.1) is 0 Å². The number of esters is 1. The minimum Gasteiger partial charge on any atom is -0.465 e. The largest absolute Gasteiger partial charge is 0.465 e. The van der Waals surface area contributed by atoms with Gasteiger partial charge in [-0.05, 0) is 43.7 Å². The first-order valence-corrected chi connectivity index (χ1v) is 8.76. The number of rotatable bonds is 4. The van der Waals surface area contributed by atoms with Gasteiger partial charge in [-0.3, -0.25) is 9.59 Å². The third-order valence-electron chi connectivity index (χ3n) is 4.76. The standard InChI is InChI=1S/C21H22N2O4/c1-13-4-8-17(9-5-13)23-12-16(11-19(23)24)20(25)22-18-10-15(21(26)27-3)7-6-14(18)2/h4-10,16H,11-12H2,1-3H3,(H,22,25). The summed E-state index contributed by atoms with van der Waals surface area (Å²) in [5.74, 6) is -1.21. The molecule has 1 saturated heterocycles. The molecule has 1 aliphatic heterocycles. The molecule has 6 nitrogen and oxygen atoms in total. The third kappa shape index (κ3) is 4.00. The van der Waals surface area contributed by atoms with E-state index in [2.05, 4.69) is 5.32 Å². The number of carbonyl (C=O) groups excluding carboxylic acids is 3. The predicted octanol–water partition coefficient (Wildman–Crippen LogP) is 3.08. The van der Waals surface area contributed by atoms with Crippen molar-refractivity contribution in [3.05, 3.63) is 59.2 Å². The van der Waals surface area contributed by atoms with Crippen molar-refractivity contribution in [2.45, 2.75) is 20.3 Å². The van der Waals surface area contributed by atoms with E-state index in [4.69, 9.17) is 4.74 Å². The summed E-state index contributed by atoms with van der Waals surface area (Å²) in [7, 11) is 1.31. The van der Waals surface area contributed by atoms with E-state index in [9.17, 15) is 14.4 Å². The fourth-order valence-corrected chi connectivity index (χ4v) is 3.09. The van der Waals surface area contributed by atoms with Crippen molar-refractivity contribution >= 4 is 29.2 Å². The highest BCUT2D eigenvalue weighted by Crippen LogP contribution is 2.27. The molecule has 0 saturated carbocycles. The summed E-state index contributed by atoms with van der Waals surface area (Å²) in [6.07, 6.45) is 0.162. The van der Waals surface area contributed by atoms with Gasteiger partial charge in [-0.2, -0.15) is 0 Å². The molecule has 0 radical (unpaired) electrons. The Morgan fingerprint density at radius 1 is 1.11 bits per heavy atom. The zero-order chi connectivity index (χ0) is 19.6. The van der Waals surface area contributed by atoms with Gasteiger partial charge in [0.2, 0.25) is 11.8 Å². The van der Waals surface area contributed by atoms with Crippen LogP contribution < -0.4 is 10.2 Å². The third-order valence-corrected chi connectivity index (χ3v) is 4.76. The van der Waals surface area contributed by atoms with Gasteiger partial charge in [-0.25, -0.2) is 4.79 Å². The molecule has 6 heteroatoms. The second-order valence-corrected chi connectivity index (χ2v) is 6.75. The summed E-state index contributed by atoms with van der Waals surface area (Å²) < 4.78 is 4.72. The smallest absolute Gasteiger partial charge is 0.337 e. The number of hydrogen-bond donors (Lipinski definition) is 1. The number of ether oxygens (including phenoxy) is 1. The van der Waals surface area contributed by atoms with Crippen molar-refractivity contribution in [1.29, 1.82) is 0 Å². The van der Waals surface area contributed by atoms with Gasteiger partial charge in [0.15, 0.2) is 0 Å². The topological polar surface area (TPSA) is 75.7 Å². The SMILES string of the molecule is COC(=O)c1ccc(C)c(NC(=O)C2CC(=O)N(c3ccc(C)cc3)C2)c1. The number of nitrogens with one attached hydrogen (secondary N) is 1. The summed E-state index contributed by atoms with van der Waals surface area (Å²) in [6.45, 7) is 4.16. The first kappa shape index (κ1) is 18.6. The molecule has 140 valence electrons. The fraction of sp³-hybridized carbons (Fsp3) is 0.286. The van der Waals surface area contributed by atoms with Crippen LogP contribution in [-0.4, -0.2) is 31.4 Å². The molecular weight excluding hydrogens is 344 g/mol. The average molecular weight is 366 g/mol. The van der Waals surface area contributed by atoms with Crippen LogP contribution in [0, 0.1) is 19.8 Å². The molecule has 1 fully saturated rings. The van der Waals surface area contributed by atoms with Gasteiger partial charge in [-0.1, -0.05) is 23.8 Å². The van der Waals surface area contributed by atoms with Crippen molar-refractivity contribution < 1.29 is 19.1 Å². The van der Waals surface area contributed by atoms with E-state index in [0.29, 0.717) is 17.8 Å². The number of methoxy groups -OCH3 is 1. The van der Waals surface area contributed by atoms with Crippen LogP contribution in [0.15, 0.2) is 42.5 Å². The molecule has 0 aliphatic carbocycles. The number of aryl methyl sites for hydroxylation is 2. The second-order valence-electron chi connectivity index (χ2n) is 6.75. The molecular formula is C21H22N2O4. The molecule has 0 bridgehead atoms. The Balaban J connectivity index is 1.73. The van der Waals surface area contributed by atoms with Crippen LogP contribution in [0.3, 0.4) is 0 Å². The van der Waals surface area contributed by atoms with Gasteiger partial charge < -0.3 is 15.0 Å². The Kier molecular flexibility index (Phi) is 5.26. The van der Waals surface area contributed by atoms with Crippen molar-refractivity contribution in [3.8, 4) is 0 Å². The maximum absolute atomic E-state index is 12.7. The Morgan fingerprint density at radius 3 is 2.48 bits per heavy atom. The fourth-order valence-electron chi connectivity index (χ4n) is 3.09. The van der Waals surface area contributed by atoms with Gasteiger partial charge >= 0.3 is 5.97 Å². The highest BCUT2D eigenvalue weighted by Gasteiger charge is 2.35. The minimum absolute atomic E-state index is 0.0703. The Bertz CT molecular complexity index is 890. The molecule has 1 aliphatic rings. The number of carbonyl (C=O) groups is 3. The molecule has 2 amide bonds. The van der Waals surface area contributed by atoms with Crippen molar-refractivity contribution in [2.24, 2.45) is 5.92 Å². The lowest BCUT2D eigenvalue weighted by atomic mass is 10.1. The summed E-state index contributed by atoms with van der Waals surface area (Å²) in [6, 6.07) is 12.6. The second kappa shape index (κ2) is 7.61. The predicted molar refractivity (Wildman–Crippen MR) is 103 cm³/mol. The van der Waals surface area contributed by atoms with Crippen LogP contribution in [0.1, 0.15) is 27.9 Å². The van der Waals surface area contributed by atoms with Gasteiger partial charge in [0, 0.05) is 24.3 Å². The lowest BCUT2D eigenvalue weighted by Gasteiger charge is -2.17. The Hall–Kier alpha value is -3.15. The molecule has 27 heavy (non-hydrogen) atoms. The Labute approximate surface area is 158 Å². The summed E-state index contributed by atoms with van der Waals surface area (Å²) in [5.41, 5.74) is 3.65. The number of amides is 2. The number of anilines is 2. The number of nitrogens with zero attached hydrogens (tertiary/aromatic N) is 1. The highest BCUT2D eigenvalue weighted by molar-refractivity contribution is 6.04. The minimum atomic E-state index is -0.466.